The quantitative estimate of drug-likeness (QED) is 0.848. The van der Waals surface area contributed by atoms with Gasteiger partial charge in [0.05, 0.1) is 12.7 Å². The molecule has 4 nitrogen and oxygen atoms in total. The molecule has 0 saturated carbocycles. The summed E-state index contributed by atoms with van der Waals surface area (Å²) in [6, 6.07) is 6.41. The molecule has 0 unspecified atom stereocenters. The monoisotopic (exact) mass is 317 g/mol. The molecule has 1 atom stereocenters. The number of aromatic nitrogens is 1. The molecule has 1 aliphatic rings. The highest BCUT2D eigenvalue weighted by Gasteiger charge is 2.22. The van der Waals surface area contributed by atoms with Crippen molar-refractivity contribution in [2.45, 2.75) is 19.2 Å². The second kappa shape index (κ2) is 7.33. The van der Waals surface area contributed by atoms with E-state index in [0.29, 0.717) is 0 Å². The zero-order valence-corrected chi connectivity index (χ0v) is 14.1. The number of thiophene rings is 1. The number of pyridine rings is 1. The van der Waals surface area contributed by atoms with Crippen LogP contribution in [-0.2, 0) is 17.8 Å². The fourth-order valence-corrected chi connectivity index (χ4v) is 3.71. The Hall–Kier alpha value is -1.27. The number of hydrogen-bond acceptors (Lipinski definition) is 5. The number of morpholine rings is 1. The highest BCUT2D eigenvalue weighted by atomic mass is 32.1. The van der Waals surface area contributed by atoms with Crippen molar-refractivity contribution in [1.29, 1.82) is 0 Å². The lowest BCUT2D eigenvalue weighted by atomic mass is 10.1. The zero-order chi connectivity index (χ0) is 15.4. The highest BCUT2D eigenvalue weighted by molar-refractivity contribution is 7.10. The Morgan fingerprint density at radius 2 is 2.36 bits per heavy atom. The van der Waals surface area contributed by atoms with Crippen molar-refractivity contribution < 1.29 is 4.74 Å². The van der Waals surface area contributed by atoms with Gasteiger partial charge in [-0.1, -0.05) is 6.07 Å². The first kappa shape index (κ1) is 15.6. The molecule has 2 aromatic rings. The van der Waals surface area contributed by atoms with Crippen LogP contribution in [0.4, 0.5) is 0 Å². The zero-order valence-electron chi connectivity index (χ0n) is 13.2. The van der Waals surface area contributed by atoms with Gasteiger partial charge >= 0.3 is 0 Å². The van der Waals surface area contributed by atoms with Crippen LogP contribution in [0.3, 0.4) is 0 Å². The molecule has 0 bridgehead atoms. The molecule has 5 heteroatoms. The fourth-order valence-electron chi connectivity index (χ4n) is 2.79. The van der Waals surface area contributed by atoms with E-state index in [2.05, 4.69) is 46.4 Å². The van der Waals surface area contributed by atoms with E-state index >= 15 is 0 Å². The van der Waals surface area contributed by atoms with Gasteiger partial charge in [0.25, 0.3) is 0 Å². The van der Waals surface area contributed by atoms with Crippen molar-refractivity contribution in [2.75, 3.05) is 33.8 Å². The number of ether oxygens (including phenoxy) is 1. The third kappa shape index (κ3) is 4.14. The van der Waals surface area contributed by atoms with Crippen LogP contribution in [0.5, 0.6) is 0 Å². The maximum Gasteiger partial charge on any atom is 0.0967 e. The van der Waals surface area contributed by atoms with Crippen LogP contribution in [0.25, 0.3) is 0 Å². The Kier molecular flexibility index (Phi) is 5.20. The summed E-state index contributed by atoms with van der Waals surface area (Å²) >= 11 is 1.86. The van der Waals surface area contributed by atoms with Crippen molar-refractivity contribution in [1.82, 2.24) is 14.8 Å². The van der Waals surface area contributed by atoms with Gasteiger partial charge in [-0.3, -0.25) is 9.88 Å². The lowest BCUT2D eigenvalue weighted by molar-refractivity contribution is -0.0327. The molecule has 0 aromatic carbocycles. The van der Waals surface area contributed by atoms with E-state index < -0.39 is 0 Å². The van der Waals surface area contributed by atoms with Crippen molar-refractivity contribution in [3.05, 3.63) is 52.0 Å². The van der Waals surface area contributed by atoms with Crippen molar-refractivity contribution >= 4 is 11.3 Å². The summed E-state index contributed by atoms with van der Waals surface area (Å²) < 4.78 is 5.90. The Morgan fingerprint density at radius 1 is 1.45 bits per heavy atom. The normalized spacial score (nSPS) is 19.7. The second-order valence-electron chi connectivity index (χ2n) is 6.04. The highest BCUT2D eigenvalue weighted by Crippen LogP contribution is 2.24. The molecule has 2 aromatic heterocycles. The molecule has 0 radical (unpaired) electrons. The molecule has 1 aliphatic heterocycles. The topological polar surface area (TPSA) is 28.6 Å². The third-order valence-corrected chi connectivity index (χ3v) is 4.76. The third-order valence-electron chi connectivity index (χ3n) is 3.79. The minimum atomic E-state index is 0.142. The fraction of sp³-hybridized carbons (Fsp3) is 0.471. The maximum absolute atomic E-state index is 5.90. The minimum absolute atomic E-state index is 0.142. The SMILES string of the molecule is CN(C)Cc1csc(CN2CCO[C@@H](c3cccnc3)C2)c1. The first-order valence-corrected chi connectivity index (χ1v) is 8.53. The summed E-state index contributed by atoms with van der Waals surface area (Å²) in [5.74, 6) is 0. The van der Waals surface area contributed by atoms with E-state index in [4.69, 9.17) is 4.74 Å². The van der Waals surface area contributed by atoms with E-state index in [1.54, 1.807) is 0 Å². The Labute approximate surface area is 136 Å². The van der Waals surface area contributed by atoms with Crippen LogP contribution in [-0.4, -0.2) is 48.6 Å². The predicted molar refractivity (Wildman–Crippen MR) is 89.9 cm³/mol. The minimum Gasteiger partial charge on any atom is -0.371 e. The van der Waals surface area contributed by atoms with Crippen molar-refractivity contribution in [3.8, 4) is 0 Å². The lowest BCUT2D eigenvalue weighted by Crippen LogP contribution is -2.37. The number of nitrogens with zero attached hydrogens (tertiary/aromatic N) is 3. The average Bonchev–Trinajstić information content (AvgIpc) is 2.94. The molecule has 1 fully saturated rings. The van der Waals surface area contributed by atoms with E-state index in [0.717, 1.165) is 32.8 Å². The van der Waals surface area contributed by atoms with Gasteiger partial charge in [-0.25, -0.2) is 0 Å². The number of hydrogen-bond donors (Lipinski definition) is 0. The summed E-state index contributed by atoms with van der Waals surface area (Å²) in [5.41, 5.74) is 2.58. The Morgan fingerprint density at radius 3 is 3.14 bits per heavy atom. The van der Waals surface area contributed by atoms with Crippen LogP contribution in [0.1, 0.15) is 22.1 Å². The van der Waals surface area contributed by atoms with Crippen LogP contribution >= 0.6 is 11.3 Å². The molecular formula is C17H23N3OS. The molecule has 22 heavy (non-hydrogen) atoms. The lowest BCUT2D eigenvalue weighted by Gasteiger charge is -2.32. The smallest absolute Gasteiger partial charge is 0.0967 e. The van der Waals surface area contributed by atoms with Crippen LogP contribution in [0.2, 0.25) is 0 Å². The molecule has 1 saturated heterocycles. The predicted octanol–water partition coefficient (Wildman–Crippen LogP) is 2.78. The van der Waals surface area contributed by atoms with Crippen molar-refractivity contribution in [3.63, 3.8) is 0 Å². The molecular weight excluding hydrogens is 294 g/mol. The molecule has 0 spiro atoms. The standard InChI is InChI=1S/C17H23N3OS/c1-19(2)10-14-8-16(22-13-14)11-20-6-7-21-17(12-20)15-4-3-5-18-9-15/h3-5,8-9,13,17H,6-7,10-12H2,1-2H3/t17-/m1/s1. The molecule has 0 N–H and O–H groups in total. The van der Waals surface area contributed by atoms with Gasteiger partial charge in [-0.15, -0.1) is 11.3 Å². The van der Waals surface area contributed by atoms with E-state index in [1.807, 2.05) is 29.8 Å². The van der Waals surface area contributed by atoms with Gasteiger partial charge in [-0.2, -0.15) is 0 Å². The summed E-state index contributed by atoms with van der Waals surface area (Å²) in [6.45, 7) is 4.75. The van der Waals surface area contributed by atoms with Gasteiger partial charge in [0, 0.05) is 49.0 Å². The molecule has 0 amide bonds. The summed E-state index contributed by atoms with van der Waals surface area (Å²) in [5, 5.41) is 2.27. The molecule has 3 heterocycles. The van der Waals surface area contributed by atoms with E-state index in [1.165, 1.54) is 16.0 Å². The molecule has 118 valence electrons. The van der Waals surface area contributed by atoms with Gasteiger partial charge in [0.1, 0.15) is 0 Å². The Bertz CT molecular complexity index is 585. The summed E-state index contributed by atoms with van der Waals surface area (Å²) in [7, 11) is 4.22. The summed E-state index contributed by atoms with van der Waals surface area (Å²) in [4.78, 5) is 10.3. The van der Waals surface area contributed by atoms with Gasteiger partial charge in [0.15, 0.2) is 0 Å². The van der Waals surface area contributed by atoms with Gasteiger partial charge in [0.2, 0.25) is 0 Å². The van der Waals surface area contributed by atoms with Crippen LogP contribution < -0.4 is 0 Å². The Balaban J connectivity index is 1.59. The van der Waals surface area contributed by atoms with Crippen LogP contribution in [0, 0.1) is 0 Å². The van der Waals surface area contributed by atoms with Crippen LogP contribution in [0.15, 0.2) is 36.0 Å². The number of rotatable bonds is 5. The largest absolute Gasteiger partial charge is 0.371 e. The summed E-state index contributed by atoms with van der Waals surface area (Å²) in [6.07, 6.45) is 3.86. The second-order valence-corrected chi connectivity index (χ2v) is 7.04. The first-order valence-electron chi connectivity index (χ1n) is 7.65. The van der Waals surface area contributed by atoms with Crippen molar-refractivity contribution in [2.24, 2.45) is 0 Å². The average molecular weight is 317 g/mol. The van der Waals surface area contributed by atoms with E-state index in [-0.39, 0.29) is 6.10 Å². The molecule has 0 aliphatic carbocycles. The van der Waals surface area contributed by atoms with Gasteiger partial charge in [-0.05, 0) is 37.2 Å². The molecule has 3 rings (SSSR count). The maximum atomic E-state index is 5.90. The van der Waals surface area contributed by atoms with E-state index in [9.17, 15) is 0 Å². The van der Waals surface area contributed by atoms with Gasteiger partial charge < -0.3 is 9.64 Å². The first-order chi connectivity index (χ1) is 10.7.